The second kappa shape index (κ2) is 8.93. The summed E-state index contributed by atoms with van der Waals surface area (Å²) in [6, 6.07) is 7.31. The standard InChI is InChI=1S/C15H24NO5P/c1-4-13(5-2)11-20-15(17)12(3)16-22(18,19)21-14-9-7-6-8-10-14/h6-10,12-13H,4-5,11H2,1-3H3,(H2,16,18,19)/t12-/m0/s1. The van der Waals surface area contributed by atoms with Crippen molar-refractivity contribution in [2.24, 2.45) is 5.92 Å². The van der Waals surface area contributed by atoms with Crippen LogP contribution in [0.2, 0.25) is 0 Å². The highest BCUT2D eigenvalue weighted by Crippen LogP contribution is 2.38. The summed E-state index contributed by atoms with van der Waals surface area (Å²) < 4.78 is 22.1. The zero-order chi connectivity index (χ0) is 16.6. The molecular formula is C15H24NO5P. The van der Waals surface area contributed by atoms with Crippen LogP contribution in [-0.4, -0.2) is 23.5 Å². The molecule has 22 heavy (non-hydrogen) atoms. The topological polar surface area (TPSA) is 84.9 Å². The number of hydrogen-bond donors (Lipinski definition) is 2. The first kappa shape index (κ1) is 18.7. The van der Waals surface area contributed by atoms with E-state index in [1.165, 1.54) is 6.92 Å². The second-order valence-corrected chi connectivity index (χ2v) is 6.57. The molecule has 1 unspecified atom stereocenters. The van der Waals surface area contributed by atoms with Crippen LogP contribution in [0.3, 0.4) is 0 Å². The van der Waals surface area contributed by atoms with Gasteiger partial charge in [-0.25, -0.2) is 4.57 Å². The molecule has 0 aliphatic carbocycles. The molecular weight excluding hydrogens is 305 g/mol. The van der Waals surface area contributed by atoms with E-state index >= 15 is 0 Å². The zero-order valence-corrected chi connectivity index (χ0v) is 14.1. The summed E-state index contributed by atoms with van der Waals surface area (Å²) in [6.07, 6.45) is 1.84. The van der Waals surface area contributed by atoms with Crippen molar-refractivity contribution in [1.82, 2.24) is 5.09 Å². The van der Waals surface area contributed by atoms with Crippen LogP contribution >= 0.6 is 7.75 Å². The van der Waals surface area contributed by atoms with Gasteiger partial charge in [0.1, 0.15) is 11.8 Å². The largest absolute Gasteiger partial charge is 0.464 e. The van der Waals surface area contributed by atoms with E-state index in [4.69, 9.17) is 9.26 Å². The van der Waals surface area contributed by atoms with Crippen molar-refractivity contribution in [2.75, 3.05) is 6.61 Å². The molecule has 0 bridgehead atoms. The minimum absolute atomic E-state index is 0.249. The lowest BCUT2D eigenvalue weighted by molar-refractivity contribution is -0.146. The maximum atomic E-state index is 12.0. The smallest absolute Gasteiger partial charge is 0.456 e. The Morgan fingerprint density at radius 3 is 2.41 bits per heavy atom. The van der Waals surface area contributed by atoms with Crippen LogP contribution in [0.15, 0.2) is 30.3 Å². The minimum Gasteiger partial charge on any atom is -0.464 e. The number of benzene rings is 1. The van der Waals surface area contributed by atoms with E-state index in [9.17, 15) is 14.3 Å². The molecule has 2 atom stereocenters. The average molecular weight is 329 g/mol. The molecule has 0 heterocycles. The van der Waals surface area contributed by atoms with E-state index in [1.807, 2.05) is 13.8 Å². The van der Waals surface area contributed by atoms with Gasteiger partial charge in [-0.2, -0.15) is 5.09 Å². The highest BCUT2D eigenvalue weighted by atomic mass is 31.2. The molecule has 0 spiro atoms. The van der Waals surface area contributed by atoms with Crippen LogP contribution in [0, 0.1) is 5.92 Å². The van der Waals surface area contributed by atoms with Gasteiger partial charge in [-0.3, -0.25) is 4.79 Å². The molecule has 0 aromatic heterocycles. The van der Waals surface area contributed by atoms with Crippen LogP contribution in [0.4, 0.5) is 0 Å². The van der Waals surface area contributed by atoms with Gasteiger partial charge >= 0.3 is 13.7 Å². The Labute approximate surface area is 131 Å². The molecule has 6 nitrogen and oxygen atoms in total. The van der Waals surface area contributed by atoms with Crippen molar-refractivity contribution in [3.63, 3.8) is 0 Å². The number of rotatable bonds is 9. The van der Waals surface area contributed by atoms with Crippen molar-refractivity contribution in [3.8, 4) is 5.75 Å². The fraction of sp³-hybridized carbons (Fsp3) is 0.533. The number of carbonyl (C=O) groups is 1. The van der Waals surface area contributed by atoms with E-state index in [-0.39, 0.29) is 5.75 Å². The van der Waals surface area contributed by atoms with Gasteiger partial charge in [0.25, 0.3) is 0 Å². The molecule has 124 valence electrons. The first-order valence-electron chi connectivity index (χ1n) is 7.39. The van der Waals surface area contributed by atoms with Crippen LogP contribution in [0.1, 0.15) is 33.6 Å². The van der Waals surface area contributed by atoms with E-state index in [2.05, 4.69) is 5.09 Å². The molecule has 1 aromatic carbocycles. The van der Waals surface area contributed by atoms with Gasteiger partial charge in [0, 0.05) is 0 Å². The fourth-order valence-electron chi connectivity index (χ4n) is 1.80. The third-order valence-corrected chi connectivity index (χ3v) is 4.47. The number of carbonyl (C=O) groups excluding carboxylic acids is 1. The monoisotopic (exact) mass is 329 g/mol. The molecule has 0 amide bonds. The number of esters is 1. The fourth-order valence-corrected chi connectivity index (χ4v) is 2.85. The molecule has 1 rings (SSSR count). The molecule has 0 saturated carbocycles. The van der Waals surface area contributed by atoms with Crippen molar-refractivity contribution in [3.05, 3.63) is 30.3 Å². The van der Waals surface area contributed by atoms with Crippen molar-refractivity contribution in [2.45, 2.75) is 39.7 Å². The van der Waals surface area contributed by atoms with Gasteiger partial charge in [0.05, 0.1) is 6.61 Å². The molecule has 1 aromatic rings. The Morgan fingerprint density at radius 1 is 1.27 bits per heavy atom. The zero-order valence-electron chi connectivity index (χ0n) is 13.2. The maximum absolute atomic E-state index is 12.0. The third-order valence-electron chi connectivity index (χ3n) is 3.30. The van der Waals surface area contributed by atoms with Gasteiger partial charge < -0.3 is 14.2 Å². The molecule has 0 aliphatic rings. The highest BCUT2D eigenvalue weighted by Gasteiger charge is 2.28. The third kappa shape index (κ3) is 6.60. The Hall–Kier alpha value is -1.36. The van der Waals surface area contributed by atoms with Crippen molar-refractivity contribution < 1.29 is 23.5 Å². The summed E-state index contributed by atoms with van der Waals surface area (Å²) in [5.41, 5.74) is 0. The molecule has 0 saturated heterocycles. The predicted molar refractivity (Wildman–Crippen MR) is 84.5 cm³/mol. The average Bonchev–Trinajstić information content (AvgIpc) is 2.48. The molecule has 7 heteroatoms. The summed E-state index contributed by atoms with van der Waals surface area (Å²) in [7, 11) is -4.14. The SMILES string of the molecule is CCC(CC)COC(=O)[C@H](C)NP(=O)(O)Oc1ccccc1. The summed E-state index contributed by atoms with van der Waals surface area (Å²) in [6.45, 7) is 5.83. The molecule has 0 radical (unpaired) electrons. The number of nitrogens with one attached hydrogen (secondary N) is 1. The molecule has 2 N–H and O–H groups in total. The first-order chi connectivity index (χ1) is 10.4. The van der Waals surface area contributed by atoms with E-state index in [0.29, 0.717) is 12.5 Å². The number of hydrogen-bond acceptors (Lipinski definition) is 4. The quantitative estimate of drug-likeness (QED) is 0.535. The van der Waals surface area contributed by atoms with Gasteiger partial charge in [-0.15, -0.1) is 0 Å². The van der Waals surface area contributed by atoms with Crippen LogP contribution < -0.4 is 9.61 Å². The first-order valence-corrected chi connectivity index (χ1v) is 8.97. The second-order valence-electron chi connectivity index (χ2n) is 5.09. The maximum Gasteiger partial charge on any atom is 0.456 e. The van der Waals surface area contributed by atoms with Gasteiger partial charge in [-0.1, -0.05) is 44.9 Å². The van der Waals surface area contributed by atoms with Crippen LogP contribution in [0.25, 0.3) is 0 Å². The normalized spacial score (nSPS) is 15.1. The minimum atomic E-state index is -4.14. The van der Waals surface area contributed by atoms with Crippen LogP contribution in [-0.2, 0) is 14.1 Å². The lowest BCUT2D eigenvalue weighted by Crippen LogP contribution is -2.35. The Kier molecular flexibility index (Phi) is 7.59. The summed E-state index contributed by atoms with van der Waals surface area (Å²) >= 11 is 0. The number of ether oxygens (including phenoxy) is 1. The molecule has 0 fully saturated rings. The van der Waals surface area contributed by atoms with Crippen molar-refractivity contribution in [1.29, 1.82) is 0 Å². The van der Waals surface area contributed by atoms with Crippen molar-refractivity contribution >= 4 is 13.7 Å². The summed E-state index contributed by atoms with van der Waals surface area (Å²) in [4.78, 5) is 21.6. The molecule has 0 aliphatic heterocycles. The number of para-hydroxylation sites is 1. The van der Waals surface area contributed by atoms with Gasteiger partial charge in [0.15, 0.2) is 0 Å². The van der Waals surface area contributed by atoms with E-state index in [1.54, 1.807) is 30.3 Å². The predicted octanol–water partition coefficient (Wildman–Crippen LogP) is 3.12. The Morgan fingerprint density at radius 2 is 1.86 bits per heavy atom. The Bertz CT molecular complexity index is 504. The van der Waals surface area contributed by atoms with Crippen LogP contribution in [0.5, 0.6) is 5.75 Å². The summed E-state index contributed by atoms with van der Waals surface area (Å²) in [5, 5.41) is 2.28. The lowest BCUT2D eigenvalue weighted by atomic mass is 10.1. The summed E-state index contributed by atoms with van der Waals surface area (Å²) in [5.74, 6) is -0.0195. The van der Waals surface area contributed by atoms with E-state index < -0.39 is 19.8 Å². The van der Waals surface area contributed by atoms with Gasteiger partial charge in [0.2, 0.25) is 0 Å². The Balaban J connectivity index is 2.50. The van der Waals surface area contributed by atoms with Gasteiger partial charge in [-0.05, 0) is 25.0 Å². The highest BCUT2D eigenvalue weighted by molar-refractivity contribution is 7.51. The lowest BCUT2D eigenvalue weighted by Gasteiger charge is -2.19. The van der Waals surface area contributed by atoms with E-state index in [0.717, 1.165) is 12.8 Å².